The van der Waals surface area contributed by atoms with Crippen LogP contribution in [0.3, 0.4) is 0 Å². The summed E-state index contributed by atoms with van der Waals surface area (Å²) in [5, 5.41) is 9.97. The molecule has 0 unspecified atom stereocenters. The Hall–Kier alpha value is -2.00. The van der Waals surface area contributed by atoms with Crippen LogP contribution >= 0.6 is 23.2 Å². The van der Waals surface area contributed by atoms with Crippen molar-refractivity contribution in [2.75, 3.05) is 6.26 Å². The number of ether oxygens (including phenoxy) is 1. The SMILES string of the molecule is CS(=O)(=O)/C(C#N)=C\c1ccccc1OCc1c(Cl)cccc1Cl. The largest absolute Gasteiger partial charge is 0.488 e. The lowest BCUT2D eigenvalue weighted by Gasteiger charge is -2.11. The maximum Gasteiger partial charge on any atom is 0.185 e. The van der Waals surface area contributed by atoms with Crippen LogP contribution in [0.4, 0.5) is 0 Å². The molecule has 4 nitrogen and oxygen atoms in total. The number of nitriles is 1. The van der Waals surface area contributed by atoms with Gasteiger partial charge in [0.05, 0.1) is 0 Å². The Bertz CT molecular complexity index is 911. The molecule has 0 aliphatic rings. The van der Waals surface area contributed by atoms with Gasteiger partial charge in [-0.2, -0.15) is 5.26 Å². The normalized spacial score (nSPS) is 11.8. The lowest BCUT2D eigenvalue weighted by Crippen LogP contribution is -2.01. The van der Waals surface area contributed by atoms with E-state index in [1.54, 1.807) is 48.5 Å². The fourth-order valence-electron chi connectivity index (χ4n) is 1.91. The smallest absolute Gasteiger partial charge is 0.185 e. The van der Waals surface area contributed by atoms with E-state index in [9.17, 15) is 8.42 Å². The first-order valence-corrected chi connectivity index (χ1v) is 9.44. The fraction of sp³-hybridized carbons (Fsp3) is 0.118. The molecule has 0 aliphatic carbocycles. The third-order valence-corrected chi connectivity index (χ3v) is 4.87. The van der Waals surface area contributed by atoms with Crippen LogP contribution in [0.1, 0.15) is 11.1 Å². The number of para-hydroxylation sites is 1. The Kier molecular flexibility index (Phi) is 5.89. The van der Waals surface area contributed by atoms with Gasteiger partial charge >= 0.3 is 0 Å². The molecular formula is C17H13Cl2NO3S. The van der Waals surface area contributed by atoms with Crippen LogP contribution in [-0.2, 0) is 16.4 Å². The lowest BCUT2D eigenvalue weighted by atomic mass is 10.2. The third-order valence-electron chi connectivity index (χ3n) is 3.15. The van der Waals surface area contributed by atoms with Crippen LogP contribution in [0, 0.1) is 11.3 Å². The molecule has 0 spiro atoms. The number of hydrogen-bond donors (Lipinski definition) is 0. The zero-order valence-electron chi connectivity index (χ0n) is 12.7. The first-order chi connectivity index (χ1) is 11.3. The van der Waals surface area contributed by atoms with E-state index in [1.165, 1.54) is 6.08 Å². The van der Waals surface area contributed by atoms with Gasteiger partial charge in [0.25, 0.3) is 0 Å². The second kappa shape index (κ2) is 7.71. The zero-order valence-corrected chi connectivity index (χ0v) is 15.0. The molecule has 0 amide bonds. The number of allylic oxidation sites excluding steroid dienone is 1. The van der Waals surface area contributed by atoms with Crippen molar-refractivity contribution in [1.82, 2.24) is 0 Å². The summed E-state index contributed by atoms with van der Waals surface area (Å²) in [6, 6.07) is 13.6. The van der Waals surface area contributed by atoms with Crippen LogP contribution in [0.2, 0.25) is 10.0 Å². The molecule has 0 atom stereocenters. The molecule has 124 valence electrons. The van der Waals surface area contributed by atoms with Gasteiger partial charge in [-0.15, -0.1) is 0 Å². The summed E-state index contributed by atoms with van der Waals surface area (Å²) in [5.41, 5.74) is 1.10. The van der Waals surface area contributed by atoms with E-state index in [0.29, 0.717) is 26.9 Å². The number of rotatable bonds is 5. The van der Waals surface area contributed by atoms with Crippen molar-refractivity contribution in [1.29, 1.82) is 5.26 Å². The van der Waals surface area contributed by atoms with Crippen molar-refractivity contribution in [3.05, 3.63) is 68.5 Å². The van der Waals surface area contributed by atoms with Gasteiger partial charge in [-0.3, -0.25) is 0 Å². The first kappa shape index (κ1) is 18.3. The lowest BCUT2D eigenvalue weighted by molar-refractivity contribution is 0.306. The number of sulfone groups is 1. The van der Waals surface area contributed by atoms with E-state index in [2.05, 4.69) is 0 Å². The van der Waals surface area contributed by atoms with Crippen LogP contribution in [0.5, 0.6) is 5.75 Å². The van der Waals surface area contributed by atoms with Crippen LogP contribution < -0.4 is 4.74 Å². The third kappa shape index (κ3) is 4.51. The molecule has 2 rings (SSSR count). The Morgan fingerprint density at radius 2 is 1.79 bits per heavy atom. The standard InChI is InChI=1S/C17H13Cl2NO3S/c1-24(21,22)13(10-20)9-12-5-2-3-8-17(12)23-11-14-15(18)6-4-7-16(14)19/h2-9H,11H2,1H3/b13-9-. The van der Waals surface area contributed by atoms with Crippen molar-refractivity contribution < 1.29 is 13.2 Å². The predicted octanol–water partition coefficient (Wildman–Crippen LogP) is 4.48. The Balaban J connectivity index is 2.34. The van der Waals surface area contributed by atoms with E-state index < -0.39 is 9.84 Å². The molecule has 0 aromatic heterocycles. The minimum absolute atomic E-state index is 0.115. The summed E-state index contributed by atoms with van der Waals surface area (Å²) in [4.78, 5) is -0.339. The van der Waals surface area contributed by atoms with E-state index in [-0.39, 0.29) is 11.5 Å². The highest BCUT2D eigenvalue weighted by molar-refractivity contribution is 7.95. The minimum Gasteiger partial charge on any atom is -0.488 e. The van der Waals surface area contributed by atoms with Crippen molar-refractivity contribution in [3.8, 4) is 11.8 Å². The van der Waals surface area contributed by atoms with Gasteiger partial charge in [-0.05, 0) is 24.3 Å². The molecule has 0 fully saturated rings. The number of halogens is 2. The molecule has 0 N–H and O–H groups in total. The molecule has 2 aromatic rings. The monoisotopic (exact) mass is 381 g/mol. The highest BCUT2D eigenvalue weighted by atomic mass is 35.5. The van der Waals surface area contributed by atoms with Gasteiger partial charge in [-0.25, -0.2) is 8.42 Å². The summed E-state index contributed by atoms with van der Waals surface area (Å²) < 4.78 is 28.9. The summed E-state index contributed by atoms with van der Waals surface area (Å²) in [6.07, 6.45) is 2.26. The van der Waals surface area contributed by atoms with Crippen molar-refractivity contribution >= 4 is 39.1 Å². The molecular weight excluding hydrogens is 369 g/mol. The summed E-state index contributed by atoms with van der Waals surface area (Å²) >= 11 is 12.2. The topological polar surface area (TPSA) is 67.2 Å². The first-order valence-electron chi connectivity index (χ1n) is 6.79. The van der Waals surface area contributed by atoms with Crippen LogP contribution in [-0.4, -0.2) is 14.7 Å². The van der Waals surface area contributed by atoms with Crippen molar-refractivity contribution in [2.45, 2.75) is 6.61 Å². The quantitative estimate of drug-likeness (QED) is 0.715. The van der Waals surface area contributed by atoms with Gasteiger partial charge in [0, 0.05) is 27.4 Å². The summed E-state index contributed by atoms with van der Waals surface area (Å²) in [6.45, 7) is 0.115. The number of nitrogens with zero attached hydrogens (tertiary/aromatic N) is 1. The number of hydrogen-bond acceptors (Lipinski definition) is 4. The van der Waals surface area contributed by atoms with E-state index in [0.717, 1.165) is 6.26 Å². The maximum atomic E-state index is 11.6. The molecule has 0 radical (unpaired) electrons. The van der Waals surface area contributed by atoms with E-state index in [4.69, 9.17) is 33.2 Å². The van der Waals surface area contributed by atoms with Gasteiger partial charge < -0.3 is 4.74 Å². The zero-order chi connectivity index (χ0) is 17.7. The molecule has 0 bridgehead atoms. The summed E-state index contributed by atoms with van der Waals surface area (Å²) in [5.74, 6) is 0.421. The van der Waals surface area contributed by atoms with Crippen LogP contribution in [0.25, 0.3) is 6.08 Å². The minimum atomic E-state index is -3.61. The molecule has 0 aliphatic heterocycles. The molecule has 0 saturated heterocycles. The molecule has 7 heteroatoms. The molecule has 0 heterocycles. The molecule has 2 aromatic carbocycles. The van der Waals surface area contributed by atoms with Crippen molar-refractivity contribution in [2.24, 2.45) is 0 Å². The second-order valence-electron chi connectivity index (χ2n) is 4.92. The van der Waals surface area contributed by atoms with E-state index in [1.807, 2.05) is 0 Å². The Labute approximate surface area is 150 Å². The van der Waals surface area contributed by atoms with Gasteiger partial charge in [0.1, 0.15) is 23.3 Å². The average molecular weight is 382 g/mol. The van der Waals surface area contributed by atoms with E-state index >= 15 is 0 Å². The van der Waals surface area contributed by atoms with Gasteiger partial charge in [0.15, 0.2) is 9.84 Å². The Morgan fingerprint density at radius 1 is 1.17 bits per heavy atom. The predicted molar refractivity (Wildman–Crippen MR) is 95.7 cm³/mol. The Morgan fingerprint density at radius 3 is 2.38 bits per heavy atom. The van der Waals surface area contributed by atoms with Gasteiger partial charge in [-0.1, -0.05) is 47.5 Å². The molecule has 0 saturated carbocycles. The highest BCUT2D eigenvalue weighted by Crippen LogP contribution is 2.28. The fourth-order valence-corrected chi connectivity index (χ4v) is 2.93. The van der Waals surface area contributed by atoms with Gasteiger partial charge in [0.2, 0.25) is 0 Å². The van der Waals surface area contributed by atoms with Crippen molar-refractivity contribution in [3.63, 3.8) is 0 Å². The van der Waals surface area contributed by atoms with Crippen LogP contribution in [0.15, 0.2) is 47.4 Å². The maximum absolute atomic E-state index is 11.6. The molecule has 24 heavy (non-hydrogen) atoms. The second-order valence-corrected chi connectivity index (χ2v) is 7.72. The number of benzene rings is 2. The average Bonchev–Trinajstić information content (AvgIpc) is 2.52. The highest BCUT2D eigenvalue weighted by Gasteiger charge is 2.13. The summed E-state index contributed by atoms with van der Waals surface area (Å²) in [7, 11) is -3.61.